The molecule has 0 spiro atoms. The summed E-state index contributed by atoms with van der Waals surface area (Å²) in [5, 5.41) is 3.53. The molecule has 1 aromatic heterocycles. The Labute approximate surface area is 101 Å². The van der Waals surface area contributed by atoms with Gasteiger partial charge in [0.2, 0.25) is 0 Å². The van der Waals surface area contributed by atoms with Gasteiger partial charge in [0.25, 0.3) is 0 Å². The normalized spacial score (nSPS) is 22.6. The first kappa shape index (κ1) is 10.6. The molecular formula is C14H16N2O. The highest BCUT2D eigenvalue weighted by atomic mass is 16.3. The molecule has 3 nitrogen and oxygen atoms in total. The first-order valence-electron chi connectivity index (χ1n) is 5.93. The zero-order chi connectivity index (χ0) is 11.7. The Morgan fingerprint density at radius 3 is 2.82 bits per heavy atom. The fourth-order valence-corrected chi connectivity index (χ4v) is 2.50. The predicted molar refractivity (Wildman–Crippen MR) is 66.3 cm³/mol. The average molecular weight is 228 g/mol. The van der Waals surface area contributed by atoms with Gasteiger partial charge in [0.05, 0.1) is 12.5 Å². The second kappa shape index (κ2) is 4.35. The fourth-order valence-electron chi connectivity index (χ4n) is 2.50. The van der Waals surface area contributed by atoms with E-state index in [-0.39, 0.29) is 6.04 Å². The van der Waals surface area contributed by atoms with Crippen LogP contribution in [0.2, 0.25) is 0 Å². The van der Waals surface area contributed by atoms with E-state index in [4.69, 9.17) is 10.2 Å². The molecule has 0 saturated heterocycles. The minimum atomic E-state index is 0.160. The number of rotatable bonds is 3. The molecule has 1 aliphatic carbocycles. The summed E-state index contributed by atoms with van der Waals surface area (Å²) in [5.41, 5.74) is 9.91. The first-order valence-corrected chi connectivity index (χ1v) is 5.93. The third-order valence-corrected chi connectivity index (χ3v) is 3.39. The number of nitrogens with one attached hydrogen (secondary N) is 1. The molecule has 2 aromatic rings. The Kier molecular flexibility index (Phi) is 2.71. The van der Waals surface area contributed by atoms with E-state index in [0.29, 0.717) is 6.04 Å². The Balaban J connectivity index is 1.73. The SMILES string of the molecule is NC1CC(NCc2ccoc2)c2ccccc21. The second-order valence-electron chi connectivity index (χ2n) is 4.54. The molecule has 88 valence electrons. The molecule has 0 saturated carbocycles. The van der Waals surface area contributed by atoms with Crippen molar-refractivity contribution in [3.8, 4) is 0 Å². The van der Waals surface area contributed by atoms with E-state index in [1.165, 1.54) is 16.7 Å². The molecule has 1 heterocycles. The van der Waals surface area contributed by atoms with Crippen molar-refractivity contribution in [3.05, 3.63) is 59.5 Å². The summed E-state index contributed by atoms with van der Waals surface area (Å²) in [7, 11) is 0. The summed E-state index contributed by atoms with van der Waals surface area (Å²) >= 11 is 0. The Hall–Kier alpha value is -1.58. The molecule has 1 aliphatic rings. The smallest absolute Gasteiger partial charge is 0.0947 e. The lowest BCUT2D eigenvalue weighted by atomic mass is 10.1. The van der Waals surface area contributed by atoms with Crippen molar-refractivity contribution in [1.82, 2.24) is 5.32 Å². The van der Waals surface area contributed by atoms with Crippen molar-refractivity contribution in [2.45, 2.75) is 25.0 Å². The van der Waals surface area contributed by atoms with Gasteiger partial charge in [0.1, 0.15) is 0 Å². The van der Waals surface area contributed by atoms with Gasteiger partial charge >= 0.3 is 0 Å². The number of hydrogen-bond donors (Lipinski definition) is 2. The molecular weight excluding hydrogens is 212 g/mol. The van der Waals surface area contributed by atoms with Crippen molar-refractivity contribution < 1.29 is 4.42 Å². The van der Waals surface area contributed by atoms with Crippen molar-refractivity contribution in [2.75, 3.05) is 0 Å². The third kappa shape index (κ3) is 1.99. The molecule has 1 aromatic carbocycles. The lowest BCUT2D eigenvalue weighted by Crippen LogP contribution is -2.19. The maximum Gasteiger partial charge on any atom is 0.0947 e. The standard InChI is InChI=1S/C14H16N2O/c15-13-7-14(12-4-2-1-3-11(12)13)16-8-10-5-6-17-9-10/h1-6,9,13-14,16H,7-8,15H2. The van der Waals surface area contributed by atoms with Gasteiger partial charge in [-0.25, -0.2) is 0 Å². The Bertz CT molecular complexity index is 493. The van der Waals surface area contributed by atoms with Gasteiger partial charge in [-0.15, -0.1) is 0 Å². The van der Waals surface area contributed by atoms with E-state index in [1.54, 1.807) is 12.5 Å². The lowest BCUT2D eigenvalue weighted by molar-refractivity contribution is 0.494. The van der Waals surface area contributed by atoms with Crippen LogP contribution >= 0.6 is 0 Å². The van der Waals surface area contributed by atoms with Crippen LogP contribution in [0.15, 0.2) is 47.3 Å². The predicted octanol–water partition coefficient (Wildman–Crippen LogP) is 2.51. The number of furan rings is 1. The highest BCUT2D eigenvalue weighted by Crippen LogP contribution is 2.36. The van der Waals surface area contributed by atoms with Crippen molar-refractivity contribution in [2.24, 2.45) is 5.73 Å². The summed E-state index contributed by atoms with van der Waals surface area (Å²) in [5.74, 6) is 0. The molecule has 0 fully saturated rings. The molecule has 17 heavy (non-hydrogen) atoms. The summed E-state index contributed by atoms with van der Waals surface area (Å²) in [6.45, 7) is 0.822. The van der Waals surface area contributed by atoms with E-state index in [9.17, 15) is 0 Å². The molecule has 0 radical (unpaired) electrons. The zero-order valence-electron chi connectivity index (χ0n) is 9.60. The van der Waals surface area contributed by atoms with Crippen molar-refractivity contribution in [1.29, 1.82) is 0 Å². The van der Waals surface area contributed by atoms with E-state index in [2.05, 4.69) is 29.6 Å². The van der Waals surface area contributed by atoms with Crippen LogP contribution in [-0.2, 0) is 6.54 Å². The molecule has 3 N–H and O–H groups in total. The maximum atomic E-state index is 6.13. The average Bonchev–Trinajstić information content (AvgIpc) is 2.96. The summed E-state index contributed by atoms with van der Waals surface area (Å²) < 4.78 is 5.06. The number of fused-ring (bicyclic) bond motifs is 1. The molecule has 3 heteroatoms. The van der Waals surface area contributed by atoms with Crippen LogP contribution in [0.25, 0.3) is 0 Å². The van der Waals surface area contributed by atoms with Gasteiger partial charge < -0.3 is 15.5 Å². The highest BCUT2D eigenvalue weighted by molar-refractivity contribution is 5.37. The summed E-state index contributed by atoms with van der Waals surface area (Å²) in [6, 6.07) is 10.9. The molecule has 2 unspecified atom stereocenters. The van der Waals surface area contributed by atoms with Crippen LogP contribution in [-0.4, -0.2) is 0 Å². The topological polar surface area (TPSA) is 51.2 Å². The van der Waals surface area contributed by atoms with E-state index in [1.807, 2.05) is 6.07 Å². The van der Waals surface area contributed by atoms with Gasteiger partial charge in [-0.3, -0.25) is 0 Å². The maximum absolute atomic E-state index is 6.13. The van der Waals surface area contributed by atoms with Crippen LogP contribution in [0.4, 0.5) is 0 Å². The van der Waals surface area contributed by atoms with Crippen LogP contribution in [0.3, 0.4) is 0 Å². The van der Waals surface area contributed by atoms with Gasteiger partial charge in [-0.05, 0) is 23.6 Å². The van der Waals surface area contributed by atoms with Crippen molar-refractivity contribution >= 4 is 0 Å². The summed E-state index contributed by atoms with van der Waals surface area (Å²) in [4.78, 5) is 0. The fraction of sp³-hybridized carbons (Fsp3) is 0.286. The first-order chi connectivity index (χ1) is 8.34. The van der Waals surface area contributed by atoms with Crippen molar-refractivity contribution in [3.63, 3.8) is 0 Å². The number of nitrogens with two attached hydrogens (primary N) is 1. The molecule has 0 bridgehead atoms. The van der Waals surface area contributed by atoms with E-state index < -0.39 is 0 Å². The number of benzene rings is 1. The van der Waals surface area contributed by atoms with E-state index >= 15 is 0 Å². The lowest BCUT2D eigenvalue weighted by Gasteiger charge is -2.12. The largest absolute Gasteiger partial charge is 0.472 e. The van der Waals surface area contributed by atoms with Crippen LogP contribution < -0.4 is 11.1 Å². The van der Waals surface area contributed by atoms with Gasteiger partial charge in [-0.1, -0.05) is 24.3 Å². The summed E-state index contributed by atoms with van der Waals surface area (Å²) in [6.07, 6.45) is 4.44. The Morgan fingerprint density at radius 2 is 2.06 bits per heavy atom. The monoisotopic (exact) mass is 228 g/mol. The quantitative estimate of drug-likeness (QED) is 0.848. The minimum Gasteiger partial charge on any atom is -0.472 e. The number of hydrogen-bond acceptors (Lipinski definition) is 3. The molecule has 2 atom stereocenters. The van der Waals surface area contributed by atoms with Gasteiger partial charge in [-0.2, -0.15) is 0 Å². The molecule has 0 amide bonds. The Morgan fingerprint density at radius 1 is 1.24 bits per heavy atom. The van der Waals surface area contributed by atoms with E-state index in [0.717, 1.165) is 13.0 Å². The van der Waals surface area contributed by atoms with Crippen LogP contribution in [0.1, 0.15) is 35.2 Å². The molecule has 3 rings (SSSR count). The van der Waals surface area contributed by atoms with Crippen LogP contribution in [0, 0.1) is 0 Å². The zero-order valence-corrected chi connectivity index (χ0v) is 9.60. The van der Waals surface area contributed by atoms with Crippen LogP contribution in [0.5, 0.6) is 0 Å². The van der Waals surface area contributed by atoms with Gasteiger partial charge in [0.15, 0.2) is 0 Å². The third-order valence-electron chi connectivity index (χ3n) is 3.39. The second-order valence-corrected chi connectivity index (χ2v) is 4.54. The minimum absolute atomic E-state index is 0.160. The highest BCUT2D eigenvalue weighted by Gasteiger charge is 2.27. The van der Waals surface area contributed by atoms with Gasteiger partial charge in [0, 0.05) is 24.2 Å². The molecule has 0 aliphatic heterocycles.